The minimum atomic E-state index is -0.903. The van der Waals surface area contributed by atoms with Crippen LogP contribution in [0, 0.1) is 0 Å². The number of aromatic nitrogens is 1. The van der Waals surface area contributed by atoms with Crippen molar-refractivity contribution in [2.45, 2.75) is 12.3 Å². The quantitative estimate of drug-likeness (QED) is 0.380. The molecular formula is C26H23NO4S. The first-order chi connectivity index (χ1) is 15.6. The van der Waals surface area contributed by atoms with Crippen molar-refractivity contribution < 1.29 is 19.4 Å². The van der Waals surface area contributed by atoms with E-state index in [1.807, 2.05) is 54.6 Å². The maximum Gasteiger partial charge on any atom is 0.308 e. The molecule has 0 saturated heterocycles. The molecule has 0 aliphatic rings. The van der Waals surface area contributed by atoms with Crippen molar-refractivity contribution in [3.63, 3.8) is 0 Å². The number of hydrogen-bond donors (Lipinski definition) is 1. The molecule has 1 aromatic heterocycles. The summed E-state index contributed by atoms with van der Waals surface area (Å²) >= 11 is 1.42. The fourth-order valence-corrected chi connectivity index (χ4v) is 4.96. The molecule has 0 saturated carbocycles. The second-order valence-corrected chi connectivity index (χ2v) is 8.33. The van der Waals surface area contributed by atoms with Crippen LogP contribution in [0.5, 0.6) is 11.5 Å². The van der Waals surface area contributed by atoms with E-state index in [1.165, 1.54) is 11.3 Å². The Hall–Kier alpha value is -3.64. The van der Waals surface area contributed by atoms with E-state index in [4.69, 9.17) is 14.5 Å². The van der Waals surface area contributed by atoms with Crippen LogP contribution in [0.4, 0.5) is 0 Å². The van der Waals surface area contributed by atoms with Gasteiger partial charge in [-0.25, -0.2) is 4.98 Å². The molecule has 162 valence electrons. The highest BCUT2D eigenvalue weighted by atomic mass is 32.1. The van der Waals surface area contributed by atoms with Crippen LogP contribution in [-0.2, 0) is 11.2 Å². The lowest BCUT2D eigenvalue weighted by Gasteiger charge is -2.15. The Kier molecular flexibility index (Phi) is 6.52. The Morgan fingerprint density at radius 3 is 2.09 bits per heavy atom. The van der Waals surface area contributed by atoms with Crippen molar-refractivity contribution in [3.05, 3.63) is 99.9 Å². The van der Waals surface area contributed by atoms with Crippen LogP contribution in [0.3, 0.4) is 0 Å². The highest BCUT2D eigenvalue weighted by Gasteiger charge is 2.25. The topological polar surface area (TPSA) is 68.7 Å². The molecule has 0 aliphatic heterocycles. The van der Waals surface area contributed by atoms with Gasteiger partial charge >= 0.3 is 5.97 Å². The van der Waals surface area contributed by atoms with Gasteiger partial charge in [0, 0.05) is 10.4 Å². The molecule has 4 aromatic rings. The summed E-state index contributed by atoms with van der Waals surface area (Å²) in [6, 6.07) is 25.7. The third-order valence-corrected chi connectivity index (χ3v) is 6.32. The fourth-order valence-electron chi connectivity index (χ4n) is 3.73. The largest absolute Gasteiger partial charge is 0.497 e. The van der Waals surface area contributed by atoms with Gasteiger partial charge in [0.25, 0.3) is 0 Å². The monoisotopic (exact) mass is 445 g/mol. The van der Waals surface area contributed by atoms with E-state index >= 15 is 0 Å². The highest BCUT2D eigenvalue weighted by Crippen LogP contribution is 2.42. The van der Waals surface area contributed by atoms with Crippen molar-refractivity contribution in [1.82, 2.24) is 4.98 Å². The van der Waals surface area contributed by atoms with Gasteiger partial charge < -0.3 is 14.6 Å². The zero-order valence-electron chi connectivity index (χ0n) is 17.8. The predicted molar refractivity (Wildman–Crippen MR) is 126 cm³/mol. The summed E-state index contributed by atoms with van der Waals surface area (Å²) in [4.78, 5) is 17.3. The number of ether oxygens (including phenoxy) is 2. The first-order valence-electron chi connectivity index (χ1n) is 10.1. The molecule has 0 unspecified atom stereocenters. The smallest absolute Gasteiger partial charge is 0.308 e. The molecule has 0 amide bonds. The van der Waals surface area contributed by atoms with Gasteiger partial charge in [0.1, 0.15) is 16.5 Å². The van der Waals surface area contributed by atoms with E-state index in [-0.39, 0.29) is 12.3 Å². The van der Waals surface area contributed by atoms with Crippen LogP contribution in [-0.4, -0.2) is 30.3 Å². The van der Waals surface area contributed by atoms with E-state index < -0.39 is 5.97 Å². The number of methoxy groups -OCH3 is 2. The second kappa shape index (κ2) is 9.66. The van der Waals surface area contributed by atoms with Crippen molar-refractivity contribution in [2.75, 3.05) is 14.2 Å². The first-order valence-corrected chi connectivity index (χ1v) is 11.0. The number of rotatable bonds is 8. The Morgan fingerprint density at radius 1 is 0.938 bits per heavy atom. The molecule has 4 rings (SSSR count). The standard InChI is InChI=1S/C26H23NO4S/c1-30-19-13-14-21(31-2)20(15-19)25-22(16-23(28)29)32-26(27-25)24(17-9-5-3-6-10-17)18-11-7-4-8-12-18/h3-15,24H,16H2,1-2H3,(H,28,29). The van der Waals surface area contributed by atoms with Gasteiger partial charge in [0.2, 0.25) is 0 Å². The molecular weight excluding hydrogens is 422 g/mol. The van der Waals surface area contributed by atoms with E-state index in [1.54, 1.807) is 14.2 Å². The van der Waals surface area contributed by atoms with Crippen LogP contribution in [0.25, 0.3) is 11.3 Å². The maximum atomic E-state index is 11.7. The molecule has 0 atom stereocenters. The molecule has 3 aromatic carbocycles. The van der Waals surface area contributed by atoms with Crippen LogP contribution in [0.2, 0.25) is 0 Å². The SMILES string of the molecule is COc1ccc(OC)c(-c2nc(C(c3ccccc3)c3ccccc3)sc2CC(=O)O)c1. The van der Waals surface area contributed by atoms with Crippen LogP contribution in [0.15, 0.2) is 78.9 Å². The molecule has 1 heterocycles. The van der Waals surface area contributed by atoms with E-state index in [0.29, 0.717) is 27.6 Å². The number of nitrogens with zero attached hydrogens (tertiary/aromatic N) is 1. The number of hydrogen-bond acceptors (Lipinski definition) is 5. The summed E-state index contributed by atoms with van der Waals surface area (Å²) in [7, 11) is 3.18. The van der Waals surface area contributed by atoms with Crippen molar-refractivity contribution in [3.8, 4) is 22.8 Å². The van der Waals surface area contributed by atoms with E-state index in [0.717, 1.165) is 16.1 Å². The van der Waals surface area contributed by atoms with Crippen LogP contribution >= 0.6 is 11.3 Å². The maximum absolute atomic E-state index is 11.7. The lowest BCUT2D eigenvalue weighted by Crippen LogP contribution is -2.03. The Morgan fingerprint density at radius 2 is 1.56 bits per heavy atom. The summed E-state index contributed by atoms with van der Waals surface area (Å²) in [5.74, 6) is 0.254. The third-order valence-electron chi connectivity index (χ3n) is 5.20. The number of carboxylic acids is 1. The summed E-state index contributed by atoms with van der Waals surface area (Å²) in [5.41, 5.74) is 3.52. The Balaban J connectivity index is 1.92. The number of aliphatic carboxylic acids is 1. The molecule has 0 bridgehead atoms. The molecule has 1 N–H and O–H groups in total. The first kappa shape index (κ1) is 21.6. The predicted octanol–water partition coefficient (Wildman–Crippen LogP) is 5.63. The molecule has 0 aliphatic carbocycles. The second-order valence-electron chi connectivity index (χ2n) is 7.21. The van der Waals surface area contributed by atoms with Crippen molar-refractivity contribution >= 4 is 17.3 Å². The van der Waals surface area contributed by atoms with Crippen LogP contribution < -0.4 is 9.47 Å². The average molecular weight is 446 g/mol. The number of thiazole rings is 1. The zero-order chi connectivity index (χ0) is 22.5. The molecule has 32 heavy (non-hydrogen) atoms. The summed E-state index contributed by atoms with van der Waals surface area (Å²) in [6.07, 6.45) is -0.121. The zero-order valence-corrected chi connectivity index (χ0v) is 18.6. The van der Waals surface area contributed by atoms with Gasteiger partial charge in [0.15, 0.2) is 0 Å². The van der Waals surface area contributed by atoms with Crippen molar-refractivity contribution in [2.24, 2.45) is 0 Å². The minimum Gasteiger partial charge on any atom is -0.497 e. The van der Waals surface area contributed by atoms with Gasteiger partial charge in [-0.1, -0.05) is 60.7 Å². The van der Waals surface area contributed by atoms with E-state index in [2.05, 4.69) is 24.3 Å². The average Bonchev–Trinajstić information content (AvgIpc) is 3.22. The number of benzene rings is 3. The molecule has 6 heteroatoms. The normalized spacial score (nSPS) is 10.8. The summed E-state index contributed by atoms with van der Waals surface area (Å²) in [6.45, 7) is 0. The van der Waals surface area contributed by atoms with Gasteiger partial charge in [-0.05, 0) is 29.3 Å². The van der Waals surface area contributed by atoms with Gasteiger partial charge in [-0.15, -0.1) is 11.3 Å². The number of carboxylic acid groups (broad SMARTS) is 1. The van der Waals surface area contributed by atoms with Crippen LogP contribution in [0.1, 0.15) is 26.9 Å². The lowest BCUT2D eigenvalue weighted by molar-refractivity contribution is -0.136. The molecule has 0 radical (unpaired) electrons. The molecule has 0 spiro atoms. The minimum absolute atomic E-state index is 0.111. The molecule has 0 fully saturated rings. The third kappa shape index (κ3) is 4.50. The van der Waals surface area contributed by atoms with Gasteiger partial charge in [-0.2, -0.15) is 0 Å². The van der Waals surface area contributed by atoms with Gasteiger partial charge in [-0.3, -0.25) is 4.79 Å². The summed E-state index contributed by atoms with van der Waals surface area (Å²) in [5, 5.41) is 10.4. The molecule has 5 nitrogen and oxygen atoms in total. The lowest BCUT2D eigenvalue weighted by atomic mass is 9.92. The van der Waals surface area contributed by atoms with E-state index in [9.17, 15) is 9.90 Å². The number of carbonyl (C=O) groups is 1. The van der Waals surface area contributed by atoms with Crippen molar-refractivity contribution in [1.29, 1.82) is 0 Å². The van der Waals surface area contributed by atoms with Gasteiger partial charge in [0.05, 0.1) is 32.3 Å². The fraction of sp³-hybridized carbons (Fsp3) is 0.154. The summed E-state index contributed by atoms with van der Waals surface area (Å²) < 4.78 is 11.0. The Labute approximate surface area is 190 Å². The Bertz CT molecular complexity index is 1170. The highest BCUT2D eigenvalue weighted by molar-refractivity contribution is 7.12.